The number of rotatable bonds is 6. The average molecular weight is 514 g/mol. The van der Waals surface area contributed by atoms with Gasteiger partial charge < -0.3 is 9.67 Å². The summed E-state index contributed by atoms with van der Waals surface area (Å²) >= 11 is 3.50. The molecule has 0 radical (unpaired) electrons. The van der Waals surface area contributed by atoms with E-state index in [0.29, 0.717) is 23.1 Å². The third kappa shape index (κ3) is 3.92. The highest BCUT2D eigenvalue weighted by Crippen LogP contribution is 2.41. The molecule has 5 aromatic rings. The van der Waals surface area contributed by atoms with E-state index in [2.05, 4.69) is 37.7 Å². The van der Waals surface area contributed by atoms with E-state index in [1.54, 1.807) is 28.8 Å². The highest BCUT2D eigenvalue weighted by Gasteiger charge is 2.18. The standard InChI is InChI=1S/C26H20BrN5O2/c1-2-14-31-24(33)19-10-6-7-11-21(19)28-26(31)30-29-23-20-15-18(27)12-13-22(20)32(25(23)34)16-17-8-4-3-5-9-17/h2-13,15,34H,1,14,16H2. The maximum absolute atomic E-state index is 13.0. The molecule has 0 atom stereocenters. The van der Waals surface area contributed by atoms with Crippen molar-refractivity contribution in [3.8, 4) is 5.88 Å². The zero-order valence-corrected chi connectivity index (χ0v) is 19.7. The van der Waals surface area contributed by atoms with Crippen LogP contribution in [0.3, 0.4) is 0 Å². The quantitative estimate of drug-likeness (QED) is 0.208. The van der Waals surface area contributed by atoms with E-state index in [0.717, 1.165) is 20.9 Å². The second-order valence-corrected chi connectivity index (χ2v) is 8.65. The highest BCUT2D eigenvalue weighted by molar-refractivity contribution is 9.10. The predicted molar refractivity (Wildman–Crippen MR) is 137 cm³/mol. The molecule has 0 aliphatic carbocycles. The van der Waals surface area contributed by atoms with Gasteiger partial charge in [0.25, 0.3) is 11.5 Å². The van der Waals surface area contributed by atoms with Crippen molar-refractivity contribution in [1.82, 2.24) is 14.1 Å². The molecule has 2 heterocycles. The summed E-state index contributed by atoms with van der Waals surface area (Å²) in [4.78, 5) is 17.5. The number of benzene rings is 3. The van der Waals surface area contributed by atoms with Crippen molar-refractivity contribution in [3.63, 3.8) is 0 Å². The largest absolute Gasteiger partial charge is 0.493 e. The van der Waals surface area contributed by atoms with Crippen LogP contribution in [0.25, 0.3) is 21.8 Å². The third-order valence-electron chi connectivity index (χ3n) is 5.55. The number of hydrogen-bond acceptors (Lipinski definition) is 5. The summed E-state index contributed by atoms with van der Waals surface area (Å²) in [6.45, 7) is 4.44. The van der Waals surface area contributed by atoms with Gasteiger partial charge in [0.15, 0.2) is 5.69 Å². The summed E-state index contributed by atoms with van der Waals surface area (Å²) in [5.74, 6) is 0.126. The molecular formula is C26H20BrN5O2. The van der Waals surface area contributed by atoms with Crippen LogP contribution >= 0.6 is 15.9 Å². The number of allylic oxidation sites excluding steroid dienone is 1. The van der Waals surface area contributed by atoms with Crippen LogP contribution in [0, 0.1) is 0 Å². The lowest BCUT2D eigenvalue weighted by Gasteiger charge is -2.07. The van der Waals surface area contributed by atoms with Crippen molar-refractivity contribution in [1.29, 1.82) is 0 Å². The van der Waals surface area contributed by atoms with Gasteiger partial charge in [-0.2, -0.15) is 0 Å². The van der Waals surface area contributed by atoms with Gasteiger partial charge >= 0.3 is 0 Å². The molecule has 8 heteroatoms. The molecule has 7 nitrogen and oxygen atoms in total. The lowest BCUT2D eigenvalue weighted by atomic mass is 10.2. The Labute approximate surface area is 203 Å². The average Bonchev–Trinajstić information content (AvgIpc) is 3.10. The highest BCUT2D eigenvalue weighted by atomic mass is 79.9. The molecule has 168 valence electrons. The molecule has 0 spiro atoms. The minimum Gasteiger partial charge on any atom is -0.493 e. The van der Waals surface area contributed by atoms with Crippen LogP contribution in [-0.4, -0.2) is 19.2 Å². The molecule has 0 saturated carbocycles. The zero-order chi connectivity index (χ0) is 23.7. The number of hydrogen-bond donors (Lipinski definition) is 1. The van der Waals surface area contributed by atoms with Crippen LogP contribution in [0.4, 0.5) is 11.6 Å². The summed E-state index contributed by atoms with van der Waals surface area (Å²) < 4.78 is 4.05. The van der Waals surface area contributed by atoms with E-state index >= 15 is 0 Å². The molecule has 0 amide bonds. The van der Waals surface area contributed by atoms with Gasteiger partial charge in [0.05, 0.1) is 23.0 Å². The SMILES string of the molecule is C=CCn1c(N=Nc2c(O)n(Cc3ccccc3)c3ccc(Br)cc23)nc2ccccc2c1=O. The summed E-state index contributed by atoms with van der Waals surface area (Å²) in [5.41, 5.74) is 2.46. The molecule has 0 fully saturated rings. The topological polar surface area (TPSA) is 84.8 Å². The van der Waals surface area contributed by atoms with Crippen LogP contribution in [0.1, 0.15) is 5.56 Å². The van der Waals surface area contributed by atoms with Crippen LogP contribution in [0.5, 0.6) is 5.88 Å². The first kappa shape index (κ1) is 21.8. The lowest BCUT2D eigenvalue weighted by molar-refractivity contribution is 0.429. The molecule has 0 unspecified atom stereocenters. The van der Waals surface area contributed by atoms with E-state index in [4.69, 9.17) is 0 Å². The molecule has 0 bridgehead atoms. The van der Waals surface area contributed by atoms with Crippen molar-refractivity contribution in [2.45, 2.75) is 13.1 Å². The fourth-order valence-electron chi connectivity index (χ4n) is 3.94. The molecule has 1 N–H and O–H groups in total. The van der Waals surface area contributed by atoms with Gasteiger partial charge in [-0.1, -0.05) is 64.5 Å². The van der Waals surface area contributed by atoms with E-state index in [1.165, 1.54) is 4.57 Å². The Morgan fingerprint density at radius 3 is 2.53 bits per heavy atom. The number of aromatic nitrogens is 3. The van der Waals surface area contributed by atoms with Crippen LogP contribution in [-0.2, 0) is 13.1 Å². The second-order valence-electron chi connectivity index (χ2n) is 7.74. The van der Waals surface area contributed by atoms with Crippen molar-refractivity contribution in [2.75, 3.05) is 0 Å². The first-order valence-corrected chi connectivity index (χ1v) is 11.4. The smallest absolute Gasteiger partial charge is 0.263 e. The summed E-state index contributed by atoms with van der Waals surface area (Å²) in [5, 5.41) is 21.0. The number of halogens is 1. The van der Waals surface area contributed by atoms with Crippen molar-refractivity contribution in [2.24, 2.45) is 10.2 Å². The molecule has 5 rings (SSSR count). The first-order valence-electron chi connectivity index (χ1n) is 10.6. The number of azo groups is 1. The summed E-state index contributed by atoms with van der Waals surface area (Å²) in [7, 11) is 0. The molecule has 0 saturated heterocycles. The van der Waals surface area contributed by atoms with Crippen LogP contribution < -0.4 is 5.56 Å². The number of para-hydroxylation sites is 1. The Hall–Kier alpha value is -4.04. The van der Waals surface area contributed by atoms with Gasteiger partial charge in [-0.15, -0.1) is 16.8 Å². The number of nitrogens with zero attached hydrogens (tertiary/aromatic N) is 5. The van der Waals surface area contributed by atoms with Gasteiger partial charge in [-0.3, -0.25) is 9.36 Å². The monoisotopic (exact) mass is 513 g/mol. The van der Waals surface area contributed by atoms with Gasteiger partial charge in [0.2, 0.25) is 5.88 Å². The third-order valence-corrected chi connectivity index (χ3v) is 6.04. The van der Waals surface area contributed by atoms with E-state index in [9.17, 15) is 9.90 Å². The first-order chi connectivity index (χ1) is 16.6. The van der Waals surface area contributed by atoms with Crippen molar-refractivity contribution < 1.29 is 5.11 Å². The fourth-order valence-corrected chi connectivity index (χ4v) is 4.30. The minimum absolute atomic E-state index is 0.0147. The van der Waals surface area contributed by atoms with E-state index < -0.39 is 0 Å². The Bertz CT molecular complexity index is 1620. The van der Waals surface area contributed by atoms with Gasteiger partial charge in [-0.05, 0) is 35.9 Å². The predicted octanol–water partition coefficient (Wildman–Crippen LogP) is 6.47. The number of fused-ring (bicyclic) bond motifs is 2. The Morgan fingerprint density at radius 2 is 1.74 bits per heavy atom. The van der Waals surface area contributed by atoms with Crippen LogP contribution in [0.15, 0.2) is 105 Å². The van der Waals surface area contributed by atoms with E-state index in [-0.39, 0.29) is 23.9 Å². The molecule has 34 heavy (non-hydrogen) atoms. The molecular weight excluding hydrogens is 494 g/mol. The normalized spacial score (nSPS) is 11.6. The van der Waals surface area contributed by atoms with Gasteiger partial charge in [-0.25, -0.2) is 4.98 Å². The Morgan fingerprint density at radius 1 is 0.971 bits per heavy atom. The van der Waals surface area contributed by atoms with E-state index in [1.807, 2.05) is 54.6 Å². The molecule has 3 aromatic carbocycles. The van der Waals surface area contributed by atoms with Crippen molar-refractivity contribution >= 4 is 49.4 Å². The Kier molecular flexibility index (Phi) is 5.81. The summed E-state index contributed by atoms with van der Waals surface area (Å²) in [6.07, 6.45) is 1.61. The van der Waals surface area contributed by atoms with Crippen LogP contribution in [0.2, 0.25) is 0 Å². The minimum atomic E-state index is -0.224. The second kappa shape index (κ2) is 9.07. The van der Waals surface area contributed by atoms with Gasteiger partial charge in [0, 0.05) is 16.4 Å². The maximum atomic E-state index is 13.0. The van der Waals surface area contributed by atoms with Crippen molar-refractivity contribution in [3.05, 3.63) is 106 Å². The number of aromatic hydroxyl groups is 1. The molecule has 2 aromatic heterocycles. The lowest BCUT2D eigenvalue weighted by Crippen LogP contribution is -2.20. The summed E-state index contributed by atoms with van der Waals surface area (Å²) in [6, 6.07) is 22.7. The zero-order valence-electron chi connectivity index (χ0n) is 18.1. The molecule has 0 aliphatic heterocycles. The molecule has 0 aliphatic rings. The maximum Gasteiger partial charge on any atom is 0.263 e. The van der Waals surface area contributed by atoms with Gasteiger partial charge in [0.1, 0.15) is 0 Å². The fraction of sp³-hybridized carbons (Fsp3) is 0.0769. The Balaban J connectivity index is 1.67.